The summed E-state index contributed by atoms with van der Waals surface area (Å²) in [5.41, 5.74) is 21.7. The third kappa shape index (κ3) is 19.5. The van der Waals surface area contributed by atoms with E-state index in [1.807, 2.05) is 0 Å². The highest BCUT2D eigenvalue weighted by molar-refractivity contribution is 5.88. The van der Waals surface area contributed by atoms with Crippen LogP contribution in [0.25, 0.3) is 20.9 Å². The van der Waals surface area contributed by atoms with E-state index in [9.17, 15) is 14.4 Å². The summed E-state index contributed by atoms with van der Waals surface area (Å²) in [6, 6.07) is -0.781. The Kier molecular flexibility index (Phi) is 20.9. The highest BCUT2D eigenvalue weighted by Crippen LogP contribution is 2.02. The minimum Gasteiger partial charge on any atom is -0.379 e. The fourth-order valence-electron chi connectivity index (χ4n) is 2.44. The van der Waals surface area contributed by atoms with Gasteiger partial charge in [0, 0.05) is 42.5 Å². The molecule has 1 atom stereocenters. The molecule has 192 valence electrons. The standard InChI is InChI=1S/C18H34N10O6/c19-4-9-33-14-17(30)26-15(18(31)23-6-10-32-11-7-24-27-20)3-1-2-5-22-16(29)13-34-12-8-25-28-21/h15H,1-14,19H2,(H,22,29)(H,23,31)(H,26,30)/t15-/m0/s1. The predicted octanol–water partition coefficient (Wildman–Crippen LogP) is -0.497. The van der Waals surface area contributed by atoms with Crippen molar-refractivity contribution in [1.29, 1.82) is 0 Å². The molecule has 34 heavy (non-hydrogen) atoms. The molecule has 0 aliphatic rings. The predicted molar refractivity (Wildman–Crippen MR) is 121 cm³/mol. The number of hydrogen-bond acceptors (Lipinski definition) is 9. The van der Waals surface area contributed by atoms with Crippen LogP contribution in [0, 0.1) is 0 Å². The summed E-state index contributed by atoms with van der Waals surface area (Å²) in [4.78, 5) is 41.4. The van der Waals surface area contributed by atoms with Crippen LogP contribution in [-0.2, 0) is 28.6 Å². The Labute approximate surface area is 197 Å². The first-order chi connectivity index (χ1) is 16.5. The largest absolute Gasteiger partial charge is 0.379 e. The topological polar surface area (TPSA) is 239 Å². The lowest BCUT2D eigenvalue weighted by Gasteiger charge is -2.18. The Morgan fingerprint density at radius 1 is 0.824 bits per heavy atom. The van der Waals surface area contributed by atoms with Crippen molar-refractivity contribution in [2.45, 2.75) is 25.3 Å². The van der Waals surface area contributed by atoms with E-state index in [-0.39, 0.29) is 77.6 Å². The quantitative estimate of drug-likeness (QED) is 0.0676. The normalized spacial score (nSPS) is 11.0. The second kappa shape index (κ2) is 23.0. The second-order valence-corrected chi connectivity index (χ2v) is 6.67. The molecule has 0 rings (SSSR count). The Balaban J connectivity index is 4.30. The number of hydrogen-bond donors (Lipinski definition) is 4. The maximum absolute atomic E-state index is 12.5. The van der Waals surface area contributed by atoms with Gasteiger partial charge in [0.05, 0.1) is 26.4 Å². The van der Waals surface area contributed by atoms with Gasteiger partial charge in [-0.1, -0.05) is 10.2 Å². The fraction of sp³-hybridized carbons (Fsp3) is 0.833. The lowest BCUT2D eigenvalue weighted by Crippen LogP contribution is -2.48. The van der Waals surface area contributed by atoms with Gasteiger partial charge in [0.25, 0.3) is 0 Å². The van der Waals surface area contributed by atoms with Crippen molar-refractivity contribution in [1.82, 2.24) is 16.0 Å². The molecule has 0 saturated carbocycles. The SMILES string of the molecule is [N-]=[N+]=NCCOCCNC(=O)[C@H](CCCCNC(=O)COCCN=[N+]=[N-])NC(=O)COCCN. The maximum Gasteiger partial charge on any atom is 0.246 e. The molecule has 3 amide bonds. The van der Waals surface area contributed by atoms with Crippen molar-refractivity contribution < 1.29 is 28.6 Å². The van der Waals surface area contributed by atoms with Gasteiger partial charge in [0.1, 0.15) is 19.3 Å². The van der Waals surface area contributed by atoms with Crippen molar-refractivity contribution in [2.75, 3.05) is 72.4 Å². The smallest absolute Gasteiger partial charge is 0.246 e. The van der Waals surface area contributed by atoms with Crippen molar-refractivity contribution in [3.63, 3.8) is 0 Å². The second-order valence-electron chi connectivity index (χ2n) is 6.67. The number of carbonyl (C=O) groups excluding carboxylic acids is 3. The van der Waals surface area contributed by atoms with Crippen LogP contribution in [0.1, 0.15) is 19.3 Å². The number of nitrogens with one attached hydrogen (secondary N) is 3. The first-order valence-electron chi connectivity index (χ1n) is 10.8. The molecular weight excluding hydrogens is 452 g/mol. The summed E-state index contributed by atoms with van der Waals surface area (Å²) >= 11 is 0. The molecule has 0 radical (unpaired) electrons. The minimum absolute atomic E-state index is 0.143. The van der Waals surface area contributed by atoms with Gasteiger partial charge < -0.3 is 35.9 Å². The molecule has 0 aromatic rings. The molecule has 0 heterocycles. The number of ether oxygens (including phenoxy) is 3. The van der Waals surface area contributed by atoms with Crippen LogP contribution in [0.15, 0.2) is 10.2 Å². The third-order valence-electron chi connectivity index (χ3n) is 3.97. The molecule has 0 aromatic carbocycles. The van der Waals surface area contributed by atoms with Crippen LogP contribution in [0.4, 0.5) is 0 Å². The van der Waals surface area contributed by atoms with E-state index in [0.29, 0.717) is 25.8 Å². The van der Waals surface area contributed by atoms with Crippen LogP contribution in [0.2, 0.25) is 0 Å². The van der Waals surface area contributed by atoms with Gasteiger partial charge in [-0.05, 0) is 30.3 Å². The van der Waals surface area contributed by atoms with Gasteiger partial charge >= 0.3 is 0 Å². The zero-order valence-corrected chi connectivity index (χ0v) is 19.2. The van der Waals surface area contributed by atoms with Crippen LogP contribution in [0.5, 0.6) is 0 Å². The van der Waals surface area contributed by atoms with Gasteiger partial charge in [-0.2, -0.15) is 0 Å². The molecule has 0 saturated heterocycles. The monoisotopic (exact) mass is 486 g/mol. The summed E-state index contributed by atoms with van der Waals surface area (Å²) in [5.74, 6) is -1.12. The van der Waals surface area contributed by atoms with E-state index in [0.717, 1.165) is 0 Å². The van der Waals surface area contributed by atoms with E-state index < -0.39 is 11.9 Å². The number of carbonyl (C=O) groups is 3. The first-order valence-corrected chi connectivity index (χ1v) is 10.8. The molecule has 0 spiro atoms. The molecular formula is C18H34N10O6. The number of nitrogens with two attached hydrogens (primary N) is 1. The van der Waals surface area contributed by atoms with Crippen LogP contribution >= 0.6 is 0 Å². The average Bonchev–Trinajstić information content (AvgIpc) is 2.82. The first kappa shape index (κ1) is 30.9. The average molecular weight is 487 g/mol. The highest BCUT2D eigenvalue weighted by atomic mass is 16.5. The van der Waals surface area contributed by atoms with Crippen LogP contribution in [0.3, 0.4) is 0 Å². The lowest BCUT2D eigenvalue weighted by molar-refractivity contribution is -0.131. The Hall–Kier alpha value is -3.13. The zero-order valence-electron chi connectivity index (χ0n) is 19.2. The Bertz CT molecular complexity index is 682. The maximum atomic E-state index is 12.5. The molecule has 0 unspecified atom stereocenters. The summed E-state index contributed by atoms with van der Waals surface area (Å²) < 4.78 is 15.4. The van der Waals surface area contributed by atoms with Crippen molar-refractivity contribution >= 4 is 17.7 Å². The highest BCUT2D eigenvalue weighted by Gasteiger charge is 2.20. The van der Waals surface area contributed by atoms with E-state index in [2.05, 4.69) is 36.0 Å². The number of nitrogens with zero attached hydrogens (tertiary/aromatic N) is 6. The van der Waals surface area contributed by atoms with Crippen molar-refractivity contribution in [2.24, 2.45) is 16.0 Å². The molecule has 0 bridgehead atoms. The molecule has 0 aliphatic heterocycles. The number of rotatable bonds is 22. The lowest BCUT2D eigenvalue weighted by atomic mass is 10.1. The summed E-state index contributed by atoms with van der Waals surface area (Å²) in [5, 5.41) is 14.6. The van der Waals surface area contributed by atoms with Gasteiger partial charge in [0.2, 0.25) is 17.7 Å². The van der Waals surface area contributed by atoms with E-state index in [4.69, 9.17) is 31.0 Å². The van der Waals surface area contributed by atoms with Gasteiger partial charge in [-0.15, -0.1) is 0 Å². The van der Waals surface area contributed by atoms with Gasteiger partial charge in [-0.3, -0.25) is 14.4 Å². The number of amides is 3. The molecule has 0 aliphatic carbocycles. The molecule has 0 aromatic heterocycles. The fourth-order valence-corrected chi connectivity index (χ4v) is 2.44. The molecule has 5 N–H and O–H groups in total. The number of azide groups is 2. The number of unbranched alkanes of at least 4 members (excludes halogenated alkanes) is 1. The molecule has 16 nitrogen and oxygen atoms in total. The third-order valence-corrected chi connectivity index (χ3v) is 3.97. The van der Waals surface area contributed by atoms with Crippen molar-refractivity contribution in [3.05, 3.63) is 20.9 Å². The van der Waals surface area contributed by atoms with Gasteiger partial charge in [-0.25, -0.2) is 0 Å². The van der Waals surface area contributed by atoms with Crippen LogP contribution in [-0.4, -0.2) is 96.1 Å². The molecule has 16 heteroatoms. The Morgan fingerprint density at radius 2 is 1.47 bits per heavy atom. The zero-order chi connectivity index (χ0) is 25.3. The van der Waals surface area contributed by atoms with E-state index in [1.54, 1.807) is 0 Å². The summed E-state index contributed by atoms with van der Waals surface area (Å²) in [7, 11) is 0. The van der Waals surface area contributed by atoms with Crippen molar-refractivity contribution in [3.8, 4) is 0 Å². The van der Waals surface area contributed by atoms with Crippen LogP contribution < -0.4 is 21.7 Å². The summed E-state index contributed by atoms with van der Waals surface area (Å²) in [6.45, 7) is 1.72. The van der Waals surface area contributed by atoms with Gasteiger partial charge in [0.15, 0.2) is 0 Å². The minimum atomic E-state index is -0.781. The van der Waals surface area contributed by atoms with E-state index in [1.165, 1.54) is 0 Å². The Morgan fingerprint density at radius 3 is 2.15 bits per heavy atom. The molecule has 0 fully saturated rings. The summed E-state index contributed by atoms with van der Waals surface area (Å²) in [6.07, 6.45) is 1.49. The van der Waals surface area contributed by atoms with E-state index >= 15 is 0 Å².